The van der Waals surface area contributed by atoms with Crippen molar-refractivity contribution in [3.63, 3.8) is 0 Å². The van der Waals surface area contributed by atoms with Crippen LogP contribution in [0.3, 0.4) is 0 Å². The van der Waals surface area contributed by atoms with Gasteiger partial charge in [-0.1, -0.05) is 48.5 Å². The van der Waals surface area contributed by atoms with E-state index in [1.807, 2.05) is 65.0 Å². The van der Waals surface area contributed by atoms with Gasteiger partial charge in [0.2, 0.25) is 0 Å². The summed E-state index contributed by atoms with van der Waals surface area (Å²) in [6, 6.07) is 19.8. The first kappa shape index (κ1) is 24.1. The Bertz CT molecular complexity index is 1200. The summed E-state index contributed by atoms with van der Waals surface area (Å²) in [6.45, 7) is 6.52. The summed E-state index contributed by atoms with van der Waals surface area (Å²) in [7, 11) is 1.56. The van der Waals surface area contributed by atoms with Crippen molar-refractivity contribution >= 4 is 17.5 Å². The second-order valence-electron chi connectivity index (χ2n) is 9.24. The molecule has 188 valence electrons. The van der Waals surface area contributed by atoms with E-state index in [2.05, 4.69) is 17.0 Å². The van der Waals surface area contributed by atoms with E-state index < -0.39 is 6.10 Å². The number of ether oxygens (including phenoxy) is 1. The average molecular weight is 488 g/mol. The summed E-state index contributed by atoms with van der Waals surface area (Å²) >= 11 is 0. The summed E-state index contributed by atoms with van der Waals surface area (Å²) in [5, 5.41) is 4.72. The number of carbonyl (C=O) groups is 2. The second-order valence-corrected chi connectivity index (χ2v) is 9.24. The zero-order valence-electron chi connectivity index (χ0n) is 21.0. The van der Waals surface area contributed by atoms with Gasteiger partial charge in [-0.3, -0.25) is 14.3 Å². The summed E-state index contributed by atoms with van der Waals surface area (Å²) in [5.74, 6) is -0.139. The Morgan fingerprint density at radius 3 is 2.22 bits per heavy atom. The number of carbonyl (C=O) groups excluding carboxylic acids is 2. The van der Waals surface area contributed by atoms with Crippen molar-refractivity contribution in [2.45, 2.75) is 32.5 Å². The molecule has 2 amide bonds. The molecule has 0 N–H and O–H groups in total. The molecule has 36 heavy (non-hydrogen) atoms. The van der Waals surface area contributed by atoms with Crippen LogP contribution in [0.1, 0.15) is 40.3 Å². The minimum absolute atomic E-state index is 0.0492. The third kappa shape index (κ3) is 4.60. The van der Waals surface area contributed by atoms with Crippen LogP contribution >= 0.6 is 0 Å². The van der Waals surface area contributed by atoms with Crippen molar-refractivity contribution in [3.8, 4) is 0 Å². The van der Waals surface area contributed by atoms with Crippen LogP contribution in [0.5, 0.6) is 0 Å². The van der Waals surface area contributed by atoms with E-state index in [1.54, 1.807) is 12.0 Å². The number of hydrogen-bond donors (Lipinski definition) is 0. The molecule has 8 nitrogen and oxygen atoms in total. The molecule has 1 unspecified atom stereocenters. The van der Waals surface area contributed by atoms with Crippen LogP contribution < -0.4 is 4.90 Å². The Balaban J connectivity index is 1.33. The van der Waals surface area contributed by atoms with Crippen LogP contribution in [0.15, 0.2) is 60.7 Å². The molecule has 5 rings (SSSR count). The average Bonchev–Trinajstić information content (AvgIpc) is 3.32. The fourth-order valence-electron chi connectivity index (χ4n) is 5.24. The van der Waals surface area contributed by atoms with Gasteiger partial charge in [0.1, 0.15) is 0 Å². The number of amides is 2. The molecule has 8 heteroatoms. The van der Waals surface area contributed by atoms with Gasteiger partial charge >= 0.3 is 0 Å². The van der Waals surface area contributed by atoms with Gasteiger partial charge in [-0.2, -0.15) is 5.10 Å². The monoisotopic (exact) mass is 487 g/mol. The number of hydrogen-bond acceptors (Lipinski definition) is 5. The van der Waals surface area contributed by atoms with Crippen LogP contribution in [0.4, 0.5) is 5.69 Å². The van der Waals surface area contributed by atoms with Gasteiger partial charge in [0.05, 0.1) is 0 Å². The Labute approximate surface area is 212 Å². The van der Waals surface area contributed by atoms with Gasteiger partial charge in [-0.15, -0.1) is 0 Å². The number of anilines is 1. The largest absolute Gasteiger partial charge is 0.368 e. The summed E-state index contributed by atoms with van der Waals surface area (Å²) in [6.07, 6.45) is 0.00143. The van der Waals surface area contributed by atoms with Crippen molar-refractivity contribution in [2.24, 2.45) is 0 Å². The van der Waals surface area contributed by atoms with Gasteiger partial charge in [-0.25, -0.2) is 0 Å². The lowest BCUT2D eigenvalue weighted by Gasteiger charge is -2.36. The van der Waals surface area contributed by atoms with Crippen LogP contribution in [0.2, 0.25) is 0 Å². The summed E-state index contributed by atoms with van der Waals surface area (Å²) in [4.78, 5) is 33.1. The molecule has 3 heterocycles. The number of rotatable bonds is 6. The Kier molecular flexibility index (Phi) is 7.04. The Morgan fingerprint density at radius 1 is 0.917 bits per heavy atom. The highest BCUT2D eigenvalue weighted by molar-refractivity contribution is 5.94. The highest BCUT2D eigenvalue weighted by Crippen LogP contribution is 2.28. The van der Waals surface area contributed by atoms with Crippen LogP contribution in [0.25, 0.3) is 0 Å². The zero-order chi connectivity index (χ0) is 25.1. The number of para-hydroxylation sites is 1. The van der Waals surface area contributed by atoms with Crippen molar-refractivity contribution in [1.82, 2.24) is 19.6 Å². The lowest BCUT2D eigenvalue weighted by molar-refractivity contribution is -0.143. The molecule has 2 aliphatic heterocycles. The number of piperazine rings is 1. The predicted molar refractivity (Wildman–Crippen MR) is 138 cm³/mol. The fraction of sp³-hybridized carbons (Fsp3) is 0.393. The Hall–Kier alpha value is -3.65. The van der Waals surface area contributed by atoms with Gasteiger partial charge in [0, 0.05) is 76.3 Å². The molecular weight excluding hydrogens is 454 g/mol. The topological polar surface area (TPSA) is 70.9 Å². The van der Waals surface area contributed by atoms with Crippen LogP contribution in [0, 0.1) is 0 Å². The van der Waals surface area contributed by atoms with E-state index in [0.29, 0.717) is 44.8 Å². The van der Waals surface area contributed by atoms with Gasteiger partial charge in [0.25, 0.3) is 11.8 Å². The lowest BCUT2D eigenvalue weighted by Crippen LogP contribution is -2.49. The highest BCUT2D eigenvalue weighted by Gasteiger charge is 2.35. The second kappa shape index (κ2) is 10.5. The first-order valence-electron chi connectivity index (χ1n) is 12.6. The maximum atomic E-state index is 13.6. The number of methoxy groups -OCH3 is 1. The normalized spacial score (nSPS) is 16.6. The molecule has 1 saturated heterocycles. The third-order valence-electron chi connectivity index (χ3n) is 7.20. The highest BCUT2D eigenvalue weighted by atomic mass is 16.5. The van der Waals surface area contributed by atoms with Crippen molar-refractivity contribution < 1.29 is 14.3 Å². The molecule has 3 aromatic rings. The predicted octanol–water partition coefficient (Wildman–Crippen LogP) is 3.14. The van der Waals surface area contributed by atoms with E-state index >= 15 is 0 Å². The smallest absolute Gasteiger partial charge is 0.274 e. The minimum atomic E-state index is -0.667. The first-order chi connectivity index (χ1) is 17.6. The molecular formula is C28H33N5O3. The molecule has 2 aromatic carbocycles. The molecule has 0 spiro atoms. The molecule has 1 aromatic heterocycles. The third-order valence-corrected chi connectivity index (χ3v) is 7.20. The maximum absolute atomic E-state index is 13.6. The first-order valence-corrected chi connectivity index (χ1v) is 12.6. The zero-order valence-corrected chi connectivity index (χ0v) is 21.0. The minimum Gasteiger partial charge on any atom is -0.368 e. The molecule has 1 fully saturated rings. The van der Waals surface area contributed by atoms with Crippen molar-refractivity contribution in [3.05, 3.63) is 83.2 Å². The fourth-order valence-corrected chi connectivity index (χ4v) is 5.24. The maximum Gasteiger partial charge on any atom is 0.274 e. The van der Waals surface area contributed by atoms with Gasteiger partial charge in [-0.05, 0) is 24.6 Å². The molecule has 0 radical (unpaired) electrons. The van der Waals surface area contributed by atoms with Crippen LogP contribution in [-0.2, 0) is 29.0 Å². The number of aromatic nitrogens is 2. The van der Waals surface area contributed by atoms with E-state index in [-0.39, 0.29) is 11.8 Å². The molecule has 0 aliphatic carbocycles. The van der Waals surface area contributed by atoms with E-state index in [9.17, 15) is 9.59 Å². The Morgan fingerprint density at radius 2 is 1.58 bits per heavy atom. The molecule has 0 bridgehead atoms. The summed E-state index contributed by atoms with van der Waals surface area (Å²) in [5.41, 5.74) is 4.41. The molecule has 1 atom stereocenters. The quantitative estimate of drug-likeness (QED) is 0.534. The van der Waals surface area contributed by atoms with Crippen LogP contribution in [-0.4, -0.2) is 71.2 Å². The van der Waals surface area contributed by atoms with Crippen molar-refractivity contribution in [2.75, 3.05) is 44.7 Å². The molecule has 2 aliphatic rings. The van der Waals surface area contributed by atoms with Gasteiger partial charge < -0.3 is 19.4 Å². The SMILES string of the molecule is CCn1nc(C(=O)N2CCN(c3ccccc3)CC2)c2c1CCN(C(=O)C(OC)c1ccccc1)C2. The van der Waals surface area contributed by atoms with E-state index in [0.717, 1.165) is 29.9 Å². The van der Waals surface area contributed by atoms with Crippen molar-refractivity contribution in [1.29, 1.82) is 0 Å². The van der Waals surface area contributed by atoms with Gasteiger partial charge in [0.15, 0.2) is 11.8 Å². The number of fused-ring (bicyclic) bond motifs is 1. The number of aryl methyl sites for hydroxylation is 1. The standard InChI is InChI=1S/C28H33N5O3/c1-3-33-24-14-15-32(28(35)26(36-2)21-10-6-4-7-11-21)20-23(24)25(29-33)27(34)31-18-16-30(17-19-31)22-12-8-5-9-13-22/h4-13,26H,3,14-20H2,1-2H3. The van der Waals surface area contributed by atoms with E-state index in [4.69, 9.17) is 9.84 Å². The summed E-state index contributed by atoms with van der Waals surface area (Å²) < 4.78 is 7.52. The van der Waals surface area contributed by atoms with E-state index in [1.165, 1.54) is 5.69 Å². The molecule has 0 saturated carbocycles. The lowest BCUT2D eigenvalue weighted by atomic mass is 10.0. The number of benzene rings is 2. The number of nitrogens with zero attached hydrogens (tertiary/aromatic N) is 5.